The molecule has 0 atom stereocenters. The van der Waals surface area contributed by atoms with Crippen LogP contribution in [0.3, 0.4) is 0 Å². The Bertz CT molecular complexity index is 159. The average molecular weight is 207 g/mol. The molecule has 0 N–H and O–H groups in total. The average Bonchev–Trinajstić information content (AvgIpc) is 2.26. The van der Waals surface area contributed by atoms with Crippen LogP contribution in [0.1, 0.15) is 77.6 Å². The molecule has 0 aromatic heterocycles. The minimum absolute atomic E-state index is 1.05. The van der Waals surface area contributed by atoms with Crippen LogP contribution in [0, 0.1) is 18.8 Å². The first kappa shape index (κ1) is 14.6. The monoisotopic (exact) mass is 207 g/mol. The highest BCUT2D eigenvalue weighted by molar-refractivity contribution is 4.98. The summed E-state index contributed by atoms with van der Waals surface area (Å²) in [5.41, 5.74) is 0. The Morgan fingerprint density at radius 1 is 0.733 bits per heavy atom. The summed E-state index contributed by atoms with van der Waals surface area (Å²) in [6, 6.07) is 0. The molecular weight excluding hydrogens is 180 g/mol. The summed E-state index contributed by atoms with van der Waals surface area (Å²) in [5.74, 6) is 6.51. The Morgan fingerprint density at radius 3 is 1.87 bits per heavy atom. The Hall–Kier alpha value is -0.440. The molecule has 87 valence electrons. The van der Waals surface area contributed by atoms with Gasteiger partial charge in [0, 0.05) is 12.8 Å². The van der Waals surface area contributed by atoms with Gasteiger partial charge < -0.3 is 0 Å². The van der Waals surface area contributed by atoms with Crippen LogP contribution in [-0.2, 0) is 0 Å². The maximum absolute atomic E-state index is 3.82. The van der Waals surface area contributed by atoms with Crippen molar-refractivity contribution in [2.75, 3.05) is 0 Å². The first-order chi connectivity index (χ1) is 7.41. The van der Waals surface area contributed by atoms with E-state index in [0.29, 0.717) is 0 Å². The number of unbranched alkanes of at least 4 members (excludes halogenated alkanes) is 9. The predicted molar refractivity (Wildman–Crippen MR) is 69.6 cm³/mol. The summed E-state index contributed by atoms with van der Waals surface area (Å²) in [5, 5.41) is 0. The van der Waals surface area contributed by atoms with Gasteiger partial charge in [-0.2, -0.15) is 0 Å². The molecule has 15 heavy (non-hydrogen) atoms. The lowest BCUT2D eigenvalue weighted by Crippen LogP contribution is -1.78. The molecule has 0 amide bonds. The third-order valence-electron chi connectivity index (χ3n) is 2.58. The SMILES string of the molecule is [CH2]CCCCC#CCCCCCCCC. The molecule has 0 fully saturated rings. The van der Waals surface area contributed by atoms with Crippen LogP contribution in [0.15, 0.2) is 0 Å². The molecule has 0 aromatic carbocycles. The molecule has 0 unspecified atom stereocenters. The highest BCUT2D eigenvalue weighted by Gasteiger charge is 1.87. The van der Waals surface area contributed by atoms with Crippen molar-refractivity contribution in [3.05, 3.63) is 6.92 Å². The highest BCUT2D eigenvalue weighted by atomic mass is 13.9. The van der Waals surface area contributed by atoms with Crippen LogP contribution in [0.4, 0.5) is 0 Å². The van der Waals surface area contributed by atoms with Crippen molar-refractivity contribution in [2.24, 2.45) is 0 Å². The van der Waals surface area contributed by atoms with E-state index < -0.39 is 0 Å². The topological polar surface area (TPSA) is 0 Å². The van der Waals surface area contributed by atoms with E-state index in [1.165, 1.54) is 51.4 Å². The molecule has 0 nitrogen and oxygen atoms in total. The van der Waals surface area contributed by atoms with Gasteiger partial charge in [-0.3, -0.25) is 0 Å². The number of hydrogen-bond acceptors (Lipinski definition) is 0. The van der Waals surface area contributed by atoms with Crippen molar-refractivity contribution in [1.82, 2.24) is 0 Å². The lowest BCUT2D eigenvalue weighted by Gasteiger charge is -1.96. The van der Waals surface area contributed by atoms with Crippen LogP contribution >= 0.6 is 0 Å². The van der Waals surface area contributed by atoms with E-state index in [-0.39, 0.29) is 0 Å². The van der Waals surface area contributed by atoms with Gasteiger partial charge in [0.1, 0.15) is 0 Å². The van der Waals surface area contributed by atoms with Crippen LogP contribution in [0.2, 0.25) is 0 Å². The van der Waals surface area contributed by atoms with Crippen LogP contribution in [0.5, 0.6) is 0 Å². The molecule has 0 bridgehead atoms. The standard InChI is InChI=1S/C15H27/c1-3-5-7-9-11-13-15-14-12-10-8-6-4-2/h1,3-10,12,14-15H2,2H3. The molecule has 0 aliphatic carbocycles. The fourth-order valence-electron chi connectivity index (χ4n) is 1.56. The van der Waals surface area contributed by atoms with E-state index >= 15 is 0 Å². The lowest BCUT2D eigenvalue weighted by atomic mass is 10.1. The second-order valence-electron chi connectivity index (χ2n) is 4.18. The molecule has 0 saturated carbocycles. The van der Waals surface area contributed by atoms with E-state index in [9.17, 15) is 0 Å². The summed E-state index contributed by atoms with van der Waals surface area (Å²) in [6.07, 6.45) is 13.9. The normalized spacial score (nSPS) is 9.73. The van der Waals surface area contributed by atoms with Gasteiger partial charge in [-0.25, -0.2) is 0 Å². The van der Waals surface area contributed by atoms with Crippen molar-refractivity contribution in [1.29, 1.82) is 0 Å². The summed E-state index contributed by atoms with van der Waals surface area (Å²) in [6.45, 7) is 6.08. The Labute approximate surface area is 96.8 Å². The maximum Gasteiger partial charge on any atom is 0.00886 e. The summed E-state index contributed by atoms with van der Waals surface area (Å²) < 4.78 is 0. The third-order valence-corrected chi connectivity index (χ3v) is 2.58. The first-order valence-corrected chi connectivity index (χ1v) is 6.66. The molecular formula is C15H27. The summed E-state index contributed by atoms with van der Waals surface area (Å²) in [7, 11) is 0. The molecule has 0 rings (SSSR count). The number of rotatable bonds is 9. The quantitative estimate of drug-likeness (QED) is 0.363. The Balaban J connectivity index is 3.02. The minimum atomic E-state index is 1.05. The van der Waals surface area contributed by atoms with E-state index in [1.54, 1.807) is 0 Å². The van der Waals surface area contributed by atoms with Gasteiger partial charge in [0.25, 0.3) is 0 Å². The lowest BCUT2D eigenvalue weighted by molar-refractivity contribution is 0.613. The third kappa shape index (κ3) is 13.6. The smallest absolute Gasteiger partial charge is 0.00886 e. The van der Waals surface area contributed by atoms with Crippen molar-refractivity contribution in [3.63, 3.8) is 0 Å². The van der Waals surface area contributed by atoms with Crippen molar-refractivity contribution >= 4 is 0 Å². The first-order valence-electron chi connectivity index (χ1n) is 6.66. The van der Waals surface area contributed by atoms with Gasteiger partial charge in [-0.15, -0.1) is 11.8 Å². The fourth-order valence-corrected chi connectivity index (χ4v) is 1.56. The van der Waals surface area contributed by atoms with Gasteiger partial charge in [0.15, 0.2) is 0 Å². The van der Waals surface area contributed by atoms with E-state index in [0.717, 1.165) is 19.3 Å². The number of hydrogen-bond donors (Lipinski definition) is 0. The van der Waals surface area contributed by atoms with Crippen LogP contribution < -0.4 is 0 Å². The van der Waals surface area contributed by atoms with Gasteiger partial charge in [-0.1, -0.05) is 58.8 Å². The zero-order valence-electron chi connectivity index (χ0n) is 10.5. The molecule has 0 heterocycles. The van der Waals surface area contributed by atoms with Gasteiger partial charge in [0.05, 0.1) is 0 Å². The van der Waals surface area contributed by atoms with Crippen LogP contribution in [-0.4, -0.2) is 0 Å². The Kier molecular flexibility index (Phi) is 13.2. The molecule has 1 radical (unpaired) electrons. The van der Waals surface area contributed by atoms with Gasteiger partial charge >= 0.3 is 0 Å². The van der Waals surface area contributed by atoms with Gasteiger partial charge in [-0.05, 0) is 12.8 Å². The largest absolute Gasteiger partial charge is 0.103 e. The van der Waals surface area contributed by atoms with Crippen molar-refractivity contribution in [2.45, 2.75) is 77.6 Å². The maximum atomic E-state index is 3.82. The second kappa shape index (κ2) is 13.6. The van der Waals surface area contributed by atoms with E-state index in [4.69, 9.17) is 0 Å². The zero-order chi connectivity index (χ0) is 11.2. The fraction of sp³-hybridized carbons (Fsp3) is 0.800. The molecule has 0 aromatic rings. The molecule has 0 heteroatoms. The zero-order valence-corrected chi connectivity index (χ0v) is 10.5. The predicted octanol–water partition coefficient (Wildman–Crippen LogP) is 5.13. The molecule has 0 aliphatic heterocycles. The summed E-state index contributed by atoms with van der Waals surface area (Å²) in [4.78, 5) is 0. The van der Waals surface area contributed by atoms with Crippen LogP contribution in [0.25, 0.3) is 0 Å². The second-order valence-corrected chi connectivity index (χ2v) is 4.18. The molecule has 0 aliphatic rings. The molecule has 0 spiro atoms. The van der Waals surface area contributed by atoms with Gasteiger partial charge in [0.2, 0.25) is 0 Å². The highest BCUT2D eigenvalue weighted by Crippen LogP contribution is 2.06. The van der Waals surface area contributed by atoms with Crippen molar-refractivity contribution in [3.8, 4) is 11.8 Å². The minimum Gasteiger partial charge on any atom is -0.103 e. The van der Waals surface area contributed by atoms with E-state index in [2.05, 4.69) is 25.7 Å². The summed E-state index contributed by atoms with van der Waals surface area (Å²) >= 11 is 0. The van der Waals surface area contributed by atoms with E-state index in [1.807, 2.05) is 0 Å². The van der Waals surface area contributed by atoms with Crippen molar-refractivity contribution < 1.29 is 0 Å². The Morgan fingerprint density at radius 2 is 1.27 bits per heavy atom. The molecule has 0 saturated heterocycles.